The van der Waals surface area contributed by atoms with Crippen LogP contribution in [0.1, 0.15) is 34.9 Å². The Balaban J connectivity index is 1.88. The summed E-state index contributed by atoms with van der Waals surface area (Å²) in [5.41, 5.74) is 3.19. The highest BCUT2D eigenvalue weighted by Crippen LogP contribution is 2.40. The predicted octanol–water partition coefficient (Wildman–Crippen LogP) is 5.95. The molecule has 1 aliphatic carbocycles. The van der Waals surface area contributed by atoms with Crippen LogP contribution >= 0.6 is 23.2 Å². The van der Waals surface area contributed by atoms with E-state index in [-0.39, 0.29) is 22.1 Å². The van der Waals surface area contributed by atoms with Gasteiger partial charge in [0.1, 0.15) is 5.82 Å². The molecule has 0 fully saturated rings. The summed E-state index contributed by atoms with van der Waals surface area (Å²) in [6.45, 7) is 0. The molecule has 0 saturated carbocycles. The minimum absolute atomic E-state index is 0.0675. The Morgan fingerprint density at radius 2 is 1.90 bits per heavy atom. The Labute approximate surface area is 134 Å². The van der Waals surface area contributed by atoms with Gasteiger partial charge in [0.15, 0.2) is 0 Å². The van der Waals surface area contributed by atoms with Crippen LogP contribution in [0.5, 0.6) is 0 Å². The Morgan fingerprint density at radius 3 is 2.76 bits per heavy atom. The van der Waals surface area contributed by atoms with Crippen molar-refractivity contribution >= 4 is 23.2 Å². The summed E-state index contributed by atoms with van der Waals surface area (Å²) in [5, 5.41) is 0.120. The molecule has 0 N–H and O–H groups in total. The van der Waals surface area contributed by atoms with Crippen molar-refractivity contribution in [1.29, 1.82) is 0 Å². The molecule has 21 heavy (non-hydrogen) atoms. The molecule has 0 amide bonds. The first-order chi connectivity index (χ1) is 10.2. The Morgan fingerprint density at radius 1 is 1.10 bits per heavy atom. The largest absolute Gasteiger partial charge is 0.205 e. The second-order valence-electron chi connectivity index (χ2n) is 5.67. The lowest BCUT2D eigenvalue weighted by molar-refractivity contribution is 0.455. The average molecular weight is 323 g/mol. The molecule has 3 heteroatoms. The van der Waals surface area contributed by atoms with Gasteiger partial charge in [-0.25, -0.2) is 4.39 Å². The van der Waals surface area contributed by atoms with Gasteiger partial charge < -0.3 is 0 Å². The molecular formula is C18H17Cl2F. The van der Waals surface area contributed by atoms with Gasteiger partial charge in [-0.1, -0.05) is 48.0 Å². The first kappa shape index (κ1) is 14.9. The van der Waals surface area contributed by atoms with Gasteiger partial charge in [-0.15, -0.1) is 11.6 Å². The maximum Gasteiger partial charge on any atom is 0.144 e. The summed E-state index contributed by atoms with van der Waals surface area (Å²) in [5.74, 6) is -0.0659. The van der Waals surface area contributed by atoms with E-state index in [0.717, 1.165) is 19.3 Å². The Kier molecular flexibility index (Phi) is 4.51. The van der Waals surface area contributed by atoms with E-state index in [9.17, 15) is 4.39 Å². The second kappa shape index (κ2) is 6.37. The highest BCUT2D eigenvalue weighted by Gasteiger charge is 2.27. The number of fused-ring (bicyclic) bond motifs is 1. The van der Waals surface area contributed by atoms with Crippen molar-refractivity contribution < 1.29 is 4.39 Å². The van der Waals surface area contributed by atoms with Crippen LogP contribution in [0, 0.1) is 11.7 Å². The second-order valence-corrected chi connectivity index (χ2v) is 6.55. The van der Waals surface area contributed by atoms with Crippen LogP contribution in [0.15, 0.2) is 42.5 Å². The van der Waals surface area contributed by atoms with Crippen LogP contribution in [0.4, 0.5) is 4.39 Å². The first-order valence-corrected chi connectivity index (χ1v) is 8.13. The maximum absolute atomic E-state index is 14.1. The summed E-state index contributed by atoms with van der Waals surface area (Å²) in [6, 6.07) is 13.5. The van der Waals surface area contributed by atoms with E-state index in [0.29, 0.717) is 12.0 Å². The molecule has 3 rings (SSSR count). The summed E-state index contributed by atoms with van der Waals surface area (Å²) in [7, 11) is 0. The third kappa shape index (κ3) is 3.09. The van der Waals surface area contributed by atoms with Gasteiger partial charge in [-0.05, 0) is 54.4 Å². The summed E-state index contributed by atoms with van der Waals surface area (Å²) >= 11 is 12.6. The van der Waals surface area contributed by atoms with Gasteiger partial charge in [-0.3, -0.25) is 0 Å². The minimum atomic E-state index is -0.305. The van der Waals surface area contributed by atoms with Crippen molar-refractivity contribution in [3.05, 3.63) is 70.0 Å². The van der Waals surface area contributed by atoms with E-state index >= 15 is 0 Å². The molecule has 0 nitrogen and oxygen atoms in total. The molecule has 0 heterocycles. The Hall–Kier alpha value is -1.05. The number of halogens is 3. The van der Waals surface area contributed by atoms with E-state index < -0.39 is 0 Å². The molecule has 2 unspecified atom stereocenters. The lowest BCUT2D eigenvalue weighted by Crippen LogP contribution is -2.11. The molecule has 0 spiro atoms. The molecule has 2 aromatic rings. The number of benzene rings is 2. The molecule has 110 valence electrons. The molecule has 0 saturated heterocycles. The molecule has 0 aliphatic heterocycles. The molecule has 0 aromatic heterocycles. The molecule has 1 aliphatic rings. The fourth-order valence-corrected chi connectivity index (χ4v) is 3.80. The fraction of sp³-hybridized carbons (Fsp3) is 0.333. The van der Waals surface area contributed by atoms with Crippen LogP contribution in [0.3, 0.4) is 0 Å². The van der Waals surface area contributed by atoms with Crippen LogP contribution < -0.4 is 0 Å². The van der Waals surface area contributed by atoms with E-state index in [1.807, 2.05) is 12.1 Å². The third-order valence-electron chi connectivity index (χ3n) is 4.30. The van der Waals surface area contributed by atoms with Crippen LogP contribution in [-0.2, 0) is 12.8 Å². The van der Waals surface area contributed by atoms with Crippen molar-refractivity contribution in [2.24, 2.45) is 5.92 Å². The third-order valence-corrected chi connectivity index (χ3v) is 5.18. The van der Waals surface area contributed by atoms with E-state index in [2.05, 4.69) is 18.2 Å². The van der Waals surface area contributed by atoms with E-state index in [4.69, 9.17) is 23.2 Å². The number of aryl methyl sites for hydroxylation is 1. The van der Waals surface area contributed by atoms with E-state index in [1.165, 1.54) is 11.1 Å². The lowest BCUT2D eigenvalue weighted by Gasteiger charge is -2.21. The van der Waals surface area contributed by atoms with Crippen LogP contribution in [0.25, 0.3) is 0 Å². The summed E-state index contributed by atoms with van der Waals surface area (Å²) in [6.07, 6.45) is 3.78. The SMILES string of the molecule is Fc1c(Cl)cccc1CC1CCCc2ccccc2C1Cl. The van der Waals surface area contributed by atoms with Crippen molar-refractivity contribution in [3.8, 4) is 0 Å². The molecule has 2 atom stereocenters. The van der Waals surface area contributed by atoms with Gasteiger partial charge in [0.2, 0.25) is 0 Å². The van der Waals surface area contributed by atoms with Crippen molar-refractivity contribution in [2.45, 2.75) is 31.1 Å². The van der Waals surface area contributed by atoms with Gasteiger partial charge in [0, 0.05) is 0 Å². The highest BCUT2D eigenvalue weighted by molar-refractivity contribution is 6.30. The molecule has 0 bridgehead atoms. The standard InChI is InChI=1S/C18H17Cl2F/c19-16-10-4-8-14(18(16)21)11-13-7-3-6-12-5-1-2-9-15(12)17(13)20/h1-2,4-5,8-10,13,17H,3,6-7,11H2. The zero-order chi connectivity index (χ0) is 14.8. The van der Waals surface area contributed by atoms with Crippen molar-refractivity contribution in [2.75, 3.05) is 0 Å². The normalized spacial score (nSPS) is 21.7. The molecule has 0 radical (unpaired) electrons. The Bertz CT molecular complexity index is 639. The van der Waals surface area contributed by atoms with Gasteiger partial charge in [0.25, 0.3) is 0 Å². The molecule has 2 aromatic carbocycles. The monoisotopic (exact) mass is 322 g/mol. The van der Waals surface area contributed by atoms with Crippen LogP contribution in [-0.4, -0.2) is 0 Å². The average Bonchev–Trinajstić information content (AvgIpc) is 2.65. The zero-order valence-corrected chi connectivity index (χ0v) is 13.2. The fourth-order valence-electron chi connectivity index (χ4n) is 3.18. The lowest BCUT2D eigenvalue weighted by atomic mass is 9.90. The highest BCUT2D eigenvalue weighted by atomic mass is 35.5. The van der Waals surface area contributed by atoms with Gasteiger partial charge in [0.05, 0.1) is 10.4 Å². The first-order valence-electron chi connectivity index (χ1n) is 7.31. The summed E-state index contributed by atoms with van der Waals surface area (Å²) < 4.78 is 14.1. The van der Waals surface area contributed by atoms with E-state index in [1.54, 1.807) is 12.1 Å². The van der Waals surface area contributed by atoms with Crippen molar-refractivity contribution in [1.82, 2.24) is 0 Å². The number of rotatable bonds is 2. The number of alkyl halides is 1. The quantitative estimate of drug-likeness (QED) is 0.473. The van der Waals surface area contributed by atoms with Crippen LogP contribution in [0.2, 0.25) is 5.02 Å². The van der Waals surface area contributed by atoms with Crippen molar-refractivity contribution in [3.63, 3.8) is 0 Å². The van der Waals surface area contributed by atoms with Gasteiger partial charge >= 0.3 is 0 Å². The topological polar surface area (TPSA) is 0 Å². The predicted molar refractivity (Wildman–Crippen MR) is 86.6 cm³/mol. The summed E-state index contributed by atoms with van der Waals surface area (Å²) in [4.78, 5) is 0. The zero-order valence-electron chi connectivity index (χ0n) is 11.7. The number of hydrogen-bond donors (Lipinski definition) is 0. The number of hydrogen-bond acceptors (Lipinski definition) is 0. The maximum atomic E-state index is 14.1. The molecular weight excluding hydrogens is 306 g/mol. The van der Waals surface area contributed by atoms with Gasteiger partial charge in [-0.2, -0.15) is 0 Å². The smallest absolute Gasteiger partial charge is 0.144 e. The minimum Gasteiger partial charge on any atom is -0.205 e.